The summed E-state index contributed by atoms with van der Waals surface area (Å²) < 4.78 is 0. The van der Waals surface area contributed by atoms with Crippen LogP contribution in [0.3, 0.4) is 0 Å². The summed E-state index contributed by atoms with van der Waals surface area (Å²) in [5.74, 6) is 0.480. The number of allylic oxidation sites excluding steroid dienone is 1. The van der Waals surface area contributed by atoms with E-state index in [1.54, 1.807) is 0 Å². The van der Waals surface area contributed by atoms with E-state index in [-0.39, 0.29) is 10.8 Å². The van der Waals surface area contributed by atoms with Gasteiger partial charge in [0.1, 0.15) is 5.75 Å². The summed E-state index contributed by atoms with van der Waals surface area (Å²) in [6, 6.07) is 6.17. The van der Waals surface area contributed by atoms with E-state index in [1.165, 1.54) is 6.42 Å². The first-order valence-corrected chi connectivity index (χ1v) is 7.64. The zero-order chi connectivity index (χ0) is 15.4. The van der Waals surface area contributed by atoms with Crippen LogP contribution < -0.4 is 0 Å². The highest BCUT2D eigenvalue weighted by Crippen LogP contribution is 2.40. The Labute approximate surface area is 124 Å². The van der Waals surface area contributed by atoms with Crippen LogP contribution in [-0.4, -0.2) is 5.11 Å². The SMILES string of the molecule is C=CCCCCC(C)(C)c1cccc(C(C)(C)C)c1O. The zero-order valence-electron chi connectivity index (χ0n) is 13.8. The van der Waals surface area contributed by atoms with Crippen LogP contribution in [0.4, 0.5) is 0 Å². The quantitative estimate of drug-likeness (QED) is 0.520. The molecule has 112 valence electrons. The maximum atomic E-state index is 10.6. The molecule has 0 aliphatic rings. The summed E-state index contributed by atoms with van der Waals surface area (Å²) in [6.07, 6.45) is 6.47. The lowest BCUT2D eigenvalue weighted by atomic mass is 9.76. The minimum Gasteiger partial charge on any atom is -0.507 e. The average Bonchev–Trinajstić information content (AvgIpc) is 2.33. The summed E-state index contributed by atoms with van der Waals surface area (Å²) in [4.78, 5) is 0. The van der Waals surface area contributed by atoms with Gasteiger partial charge in [-0.1, -0.05) is 65.3 Å². The van der Waals surface area contributed by atoms with Gasteiger partial charge in [0.05, 0.1) is 0 Å². The maximum absolute atomic E-state index is 10.6. The summed E-state index contributed by atoms with van der Waals surface area (Å²) in [7, 11) is 0. The molecule has 1 rings (SSSR count). The van der Waals surface area contributed by atoms with Crippen LogP contribution in [0.15, 0.2) is 30.9 Å². The molecular weight excluding hydrogens is 244 g/mol. The van der Waals surface area contributed by atoms with Crippen LogP contribution in [0.25, 0.3) is 0 Å². The second-order valence-corrected chi connectivity index (χ2v) is 7.37. The summed E-state index contributed by atoms with van der Waals surface area (Å²) in [6.45, 7) is 14.6. The molecule has 0 atom stereocenters. The van der Waals surface area contributed by atoms with Gasteiger partial charge in [0, 0.05) is 0 Å². The Morgan fingerprint density at radius 3 is 2.20 bits per heavy atom. The molecule has 0 aliphatic carbocycles. The van der Waals surface area contributed by atoms with E-state index < -0.39 is 0 Å². The Hall–Kier alpha value is -1.24. The van der Waals surface area contributed by atoms with Crippen LogP contribution in [-0.2, 0) is 10.8 Å². The number of phenols is 1. The fourth-order valence-corrected chi connectivity index (χ4v) is 2.69. The maximum Gasteiger partial charge on any atom is 0.123 e. The van der Waals surface area contributed by atoms with Crippen LogP contribution in [0.1, 0.15) is 71.4 Å². The highest BCUT2D eigenvalue weighted by Gasteiger charge is 2.27. The molecule has 0 aromatic heterocycles. The highest BCUT2D eigenvalue weighted by molar-refractivity contribution is 5.47. The molecule has 0 amide bonds. The van der Waals surface area contributed by atoms with Crippen molar-refractivity contribution in [3.05, 3.63) is 42.0 Å². The van der Waals surface area contributed by atoms with Crippen LogP contribution in [0.5, 0.6) is 5.75 Å². The van der Waals surface area contributed by atoms with Gasteiger partial charge >= 0.3 is 0 Å². The van der Waals surface area contributed by atoms with E-state index in [4.69, 9.17) is 0 Å². The molecule has 1 aromatic rings. The molecule has 1 aromatic carbocycles. The van der Waals surface area contributed by atoms with Gasteiger partial charge in [-0.2, -0.15) is 0 Å². The van der Waals surface area contributed by atoms with E-state index in [0.29, 0.717) is 5.75 Å². The van der Waals surface area contributed by atoms with E-state index in [0.717, 1.165) is 30.4 Å². The molecule has 0 fully saturated rings. The molecule has 0 radical (unpaired) electrons. The van der Waals surface area contributed by atoms with Crippen LogP contribution in [0.2, 0.25) is 0 Å². The first-order valence-electron chi connectivity index (χ1n) is 7.64. The van der Waals surface area contributed by atoms with E-state index in [9.17, 15) is 5.11 Å². The second kappa shape index (κ2) is 6.47. The van der Waals surface area contributed by atoms with Crippen LogP contribution >= 0.6 is 0 Å². The van der Waals surface area contributed by atoms with Crippen molar-refractivity contribution < 1.29 is 5.11 Å². The lowest BCUT2D eigenvalue weighted by Gasteiger charge is -2.29. The molecule has 0 bridgehead atoms. The molecule has 1 heteroatoms. The predicted octanol–water partition coefficient (Wildman–Crippen LogP) is 5.71. The standard InChI is InChI=1S/C19H30O/c1-7-8-9-10-14-19(5,6)16-13-11-12-15(17(16)20)18(2,3)4/h7,11-13,20H,1,8-10,14H2,2-6H3. The minimum atomic E-state index is -0.0288. The smallest absolute Gasteiger partial charge is 0.123 e. The fourth-order valence-electron chi connectivity index (χ4n) is 2.69. The first kappa shape index (κ1) is 16.8. The molecule has 0 spiro atoms. The van der Waals surface area contributed by atoms with E-state index in [1.807, 2.05) is 12.1 Å². The van der Waals surface area contributed by atoms with Crippen molar-refractivity contribution in [3.63, 3.8) is 0 Å². The number of aromatic hydroxyl groups is 1. The van der Waals surface area contributed by atoms with Gasteiger partial charge in [0.15, 0.2) is 0 Å². The van der Waals surface area contributed by atoms with Gasteiger partial charge in [-0.3, -0.25) is 0 Å². The van der Waals surface area contributed by atoms with Crippen molar-refractivity contribution in [1.82, 2.24) is 0 Å². The number of hydrogen-bond acceptors (Lipinski definition) is 1. The summed E-state index contributed by atoms with van der Waals surface area (Å²) in [5.41, 5.74) is 2.09. The van der Waals surface area contributed by atoms with Gasteiger partial charge in [-0.15, -0.1) is 6.58 Å². The van der Waals surface area contributed by atoms with Crippen molar-refractivity contribution in [1.29, 1.82) is 0 Å². The van der Waals surface area contributed by atoms with Gasteiger partial charge in [-0.05, 0) is 41.2 Å². The minimum absolute atomic E-state index is 0.00646. The predicted molar refractivity (Wildman–Crippen MR) is 88.5 cm³/mol. The van der Waals surface area contributed by atoms with Crippen molar-refractivity contribution in [2.45, 2.75) is 71.1 Å². The topological polar surface area (TPSA) is 20.2 Å². The molecule has 0 heterocycles. The number of phenolic OH excluding ortho intramolecular Hbond substituents is 1. The van der Waals surface area contributed by atoms with Crippen molar-refractivity contribution in [2.75, 3.05) is 0 Å². The average molecular weight is 274 g/mol. The Morgan fingerprint density at radius 1 is 1.05 bits per heavy atom. The molecule has 0 saturated carbocycles. The van der Waals surface area contributed by atoms with Gasteiger partial charge < -0.3 is 5.11 Å². The molecule has 0 unspecified atom stereocenters. The van der Waals surface area contributed by atoms with Crippen molar-refractivity contribution in [3.8, 4) is 5.75 Å². The molecule has 0 saturated heterocycles. The molecule has 1 nitrogen and oxygen atoms in total. The highest BCUT2D eigenvalue weighted by atomic mass is 16.3. The Balaban J connectivity index is 2.97. The lowest BCUT2D eigenvalue weighted by molar-refractivity contribution is 0.396. The summed E-state index contributed by atoms with van der Waals surface area (Å²) >= 11 is 0. The lowest BCUT2D eigenvalue weighted by Crippen LogP contribution is -2.20. The third-order valence-corrected chi connectivity index (χ3v) is 4.03. The number of unbranched alkanes of at least 4 members (excludes halogenated alkanes) is 2. The first-order chi connectivity index (χ1) is 9.20. The number of benzene rings is 1. The molecule has 0 aliphatic heterocycles. The third-order valence-electron chi connectivity index (χ3n) is 4.03. The Kier molecular flexibility index (Phi) is 5.44. The van der Waals surface area contributed by atoms with Gasteiger partial charge in [0.25, 0.3) is 0 Å². The molecule has 20 heavy (non-hydrogen) atoms. The van der Waals surface area contributed by atoms with E-state index in [2.05, 4.69) is 53.3 Å². The molecule has 1 N–H and O–H groups in total. The third kappa shape index (κ3) is 4.13. The van der Waals surface area contributed by atoms with E-state index >= 15 is 0 Å². The number of rotatable bonds is 6. The van der Waals surface area contributed by atoms with Gasteiger partial charge in [-0.25, -0.2) is 0 Å². The largest absolute Gasteiger partial charge is 0.507 e. The second-order valence-electron chi connectivity index (χ2n) is 7.37. The monoisotopic (exact) mass is 274 g/mol. The Bertz CT molecular complexity index is 449. The summed E-state index contributed by atoms with van der Waals surface area (Å²) in [5, 5.41) is 10.6. The normalized spacial score (nSPS) is 12.4. The van der Waals surface area contributed by atoms with Crippen molar-refractivity contribution >= 4 is 0 Å². The van der Waals surface area contributed by atoms with Crippen LogP contribution in [0, 0.1) is 0 Å². The number of para-hydroxylation sites is 1. The van der Waals surface area contributed by atoms with Gasteiger partial charge in [0.2, 0.25) is 0 Å². The number of hydrogen-bond donors (Lipinski definition) is 1. The fraction of sp³-hybridized carbons (Fsp3) is 0.579. The Morgan fingerprint density at radius 2 is 1.65 bits per heavy atom. The molecular formula is C19H30O. The van der Waals surface area contributed by atoms with Crippen molar-refractivity contribution in [2.24, 2.45) is 0 Å². The zero-order valence-corrected chi connectivity index (χ0v) is 13.8.